The summed E-state index contributed by atoms with van der Waals surface area (Å²) < 4.78 is 0. The summed E-state index contributed by atoms with van der Waals surface area (Å²) in [6.45, 7) is 7.69. The van der Waals surface area contributed by atoms with E-state index in [9.17, 15) is 0 Å². The van der Waals surface area contributed by atoms with E-state index < -0.39 is 0 Å². The molecule has 0 aromatic heterocycles. The first-order valence-corrected chi connectivity index (χ1v) is 6.14. The van der Waals surface area contributed by atoms with Crippen LogP contribution < -0.4 is 31.9 Å². The van der Waals surface area contributed by atoms with Crippen molar-refractivity contribution >= 4 is 0 Å². The van der Waals surface area contributed by atoms with Crippen molar-refractivity contribution < 1.29 is 0 Å². The molecule has 3 saturated heterocycles. The van der Waals surface area contributed by atoms with Gasteiger partial charge in [-0.1, -0.05) is 0 Å². The van der Waals surface area contributed by atoms with Crippen LogP contribution in [0.25, 0.3) is 0 Å². The fraction of sp³-hybridized carbons (Fsp3) is 1.00. The van der Waals surface area contributed by atoms with Gasteiger partial charge in [0.15, 0.2) is 0 Å². The Morgan fingerprint density at radius 2 is 0.647 bits per heavy atom. The summed E-state index contributed by atoms with van der Waals surface area (Å²) in [5.41, 5.74) is 0. The molecule has 3 fully saturated rings. The first-order chi connectivity index (χ1) is 8.45. The van der Waals surface area contributed by atoms with Crippen molar-refractivity contribution in [1.82, 2.24) is 41.7 Å². The predicted octanol–water partition coefficient (Wildman–Crippen LogP) is -3.23. The highest BCUT2D eigenvalue weighted by atomic mass is 15.4. The highest BCUT2D eigenvalue weighted by molar-refractivity contribution is 4.61. The van der Waals surface area contributed by atoms with Gasteiger partial charge in [-0.3, -0.25) is 41.7 Å². The number of fused-ring (bicyclic) bond motifs is 12. The van der Waals surface area contributed by atoms with Gasteiger partial charge in [0.25, 0.3) is 0 Å². The van der Waals surface area contributed by atoms with Crippen molar-refractivity contribution in [3.63, 3.8) is 0 Å². The van der Waals surface area contributed by atoms with Gasteiger partial charge in [-0.25, -0.2) is 0 Å². The zero-order valence-electron chi connectivity index (χ0n) is 10.3. The lowest BCUT2D eigenvalue weighted by molar-refractivity contribution is 0.161. The summed E-state index contributed by atoms with van der Waals surface area (Å²) >= 11 is 0. The number of hydrogen-bond donors (Lipinski definition) is 6. The number of hydrogen-bond acceptors (Lipinski definition) is 8. The maximum absolute atomic E-state index is 3.37. The predicted molar refractivity (Wildman–Crippen MR) is 66.3 cm³/mol. The van der Waals surface area contributed by atoms with Crippen molar-refractivity contribution in [1.29, 1.82) is 0 Å². The maximum atomic E-state index is 3.37. The molecule has 0 saturated carbocycles. The summed E-state index contributed by atoms with van der Waals surface area (Å²) in [6, 6.07) is 0. The van der Waals surface area contributed by atoms with E-state index in [2.05, 4.69) is 41.7 Å². The van der Waals surface area contributed by atoms with Gasteiger partial charge in [0.05, 0.1) is 40.0 Å². The van der Waals surface area contributed by atoms with Gasteiger partial charge in [-0.2, -0.15) is 0 Å². The fourth-order valence-electron chi connectivity index (χ4n) is 1.88. The van der Waals surface area contributed by atoms with Gasteiger partial charge in [0.2, 0.25) is 0 Å². The molecule has 3 aliphatic heterocycles. The van der Waals surface area contributed by atoms with Crippen LogP contribution in [0.15, 0.2) is 0 Å². The molecule has 3 rings (SSSR count). The van der Waals surface area contributed by atoms with Crippen molar-refractivity contribution in [2.24, 2.45) is 0 Å². The Morgan fingerprint density at radius 3 is 0.882 bits per heavy atom. The Balaban J connectivity index is 1.90. The van der Waals surface area contributed by atoms with Crippen LogP contribution in [0.2, 0.25) is 0 Å². The minimum absolute atomic E-state index is 0.826. The zero-order chi connectivity index (χ0) is 11.8. The quantitative estimate of drug-likeness (QED) is 0.266. The van der Waals surface area contributed by atoms with Crippen molar-refractivity contribution in [3.05, 3.63) is 0 Å². The Morgan fingerprint density at radius 1 is 0.412 bits per heavy atom. The lowest BCUT2D eigenvalue weighted by Gasteiger charge is -2.29. The van der Waals surface area contributed by atoms with Crippen LogP contribution in [-0.2, 0) is 0 Å². The normalized spacial score (nSPS) is 33.9. The van der Waals surface area contributed by atoms with E-state index in [0.717, 1.165) is 60.0 Å². The number of nitrogens with one attached hydrogen (secondary N) is 6. The maximum Gasteiger partial charge on any atom is 0.0514 e. The zero-order valence-corrected chi connectivity index (χ0v) is 10.3. The second-order valence-electron chi connectivity index (χ2n) is 4.32. The molecule has 8 nitrogen and oxygen atoms in total. The fourth-order valence-corrected chi connectivity index (χ4v) is 1.88. The van der Waals surface area contributed by atoms with Crippen LogP contribution in [0.1, 0.15) is 0 Å². The minimum atomic E-state index is 0.826. The van der Waals surface area contributed by atoms with Crippen LogP contribution in [0.3, 0.4) is 0 Å². The van der Waals surface area contributed by atoms with Crippen LogP contribution in [0.4, 0.5) is 0 Å². The molecular formula is C9H24N8. The molecule has 2 bridgehead atoms. The number of nitrogens with zero attached hydrogens (tertiary/aromatic N) is 2. The van der Waals surface area contributed by atoms with E-state index in [0.29, 0.717) is 0 Å². The second kappa shape index (κ2) is 7.90. The SMILES string of the molecule is C1NCN2CNCNCN(CN1)CNCNC2. The standard InChI is InChI=1S/C9H24N8/c1-10-4-16-6-12-2-13-7-17(5-11-1)9-15-3-14-8-16/h10-15H,1-9H2. The highest BCUT2D eigenvalue weighted by Gasteiger charge is 2.08. The third-order valence-electron chi connectivity index (χ3n) is 2.76. The van der Waals surface area contributed by atoms with E-state index in [4.69, 9.17) is 0 Å². The first kappa shape index (κ1) is 13.1. The van der Waals surface area contributed by atoms with Gasteiger partial charge >= 0.3 is 0 Å². The lowest BCUT2D eigenvalue weighted by Crippen LogP contribution is -2.55. The summed E-state index contributed by atoms with van der Waals surface area (Å²) in [5.74, 6) is 0. The van der Waals surface area contributed by atoms with Crippen molar-refractivity contribution in [2.75, 3.05) is 60.0 Å². The van der Waals surface area contributed by atoms with Gasteiger partial charge in [-0.15, -0.1) is 0 Å². The Hall–Kier alpha value is -0.320. The molecule has 100 valence electrons. The van der Waals surface area contributed by atoms with Crippen LogP contribution in [0.5, 0.6) is 0 Å². The monoisotopic (exact) mass is 244 g/mol. The average Bonchev–Trinajstić information content (AvgIpc) is 2.29. The topological polar surface area (TPSA) is 78.7 Å². The minimum Gasteiger partial charge on any atom is -0.292 e. The molecule has 8 heteroatoms. The molecule has 6 N–H and O–H groups in total. The third-order valence-corrected chi connectivity index (χ3v) is 2.76. The first-order valence-electron chi connectivity index (χ1n) is 6.14. The smallest absolute Gasteiger partial charge is 0.0514 e. The Labute approximate surface area is 102 Å². The van der Waals surface area contributed by atoms with Gasteiger partial charge in [0, 0.05) is 20.0 Å². The van der Waals surface area contributed by atoms with Crippen molar-refractivity contribution in [2.45, 2.75) is 0 Å². The largest absolute Gasteiger partial charge is 0.292 e. The number of rotatable bonds is 0. The molecule has 3 heterocycles. The highest BCUT2D eigenvalue weighted by Crippen LogP contribution is 1.84. The molecule has 17 heavy (non-hydrogen) atoms. The molecular weight excluding hydrogens is 220 g/mol. The van der Waals surface area contributed by atoms with Gasteiger partial charge < -0.3 is 0 Å². The molecule has 0 aromatic carbocycles. The van der Waals surface area contributed by atoms with Gasteiger partial charge in [0.1, 0.15) is 0 Å². The van der Waals surface area contributed by atoms with Crippen molar-refractivity contribution in [3.8, 4) is 0 Å². The molecule has 0 unspecified atom stereocenters. The van der Waals surface area contributed by atoms with E-state index in [1.807, 2.05) is 0 Å². The second-order valence-corrected chi connectivity index (χ2v) is 4.32. The summed E-state index contributed by atoms with van der Waals surface area (Å²) in [7, 11) is 0. The summed E-state index contributed by atoms with van der Waals surface area (Å²) in [6.07, 6.45) is 0. The van der Waals surface area contributed by atoms with E-state index in [-0.39, 0.29) is 0 Å². The Kier molecular flexibility index (Phi) is 6.10. The molecule has 0 radical (unpaired) electrons. The molecule has 0 amide bonds. The lowest BCUT2D eigenvalue weighted by atomic mass is 10.6. The van der Waals surface area contributed by atoms with Gasteiger partial charge in [-0.05, 0) is 0 Å². The molecule has 0 aromatic rings. The summed E-state index contributed by atoms with van der Waals surface area (Å²) in [5, 5.41) is 20.2. The molecule has 0 aliphatic carbocycles. The molecule has 3 aliphatic rings. The van der Waals surface area contributed by atoms with E-state index in [1.54, 1.807) is 0 Å². The average molecular weight is 244 g/mol. The summed E-state index contributed by atoms with van der Waals surface area (Å²) in [4.78, 5) is 4.57. The van der Waals surface area contributed by atoms with Crippen LogP contribution >= 0.6 is 0 Å². The third kappa shape index (κ3) is 5.23. The van der Waals surface area contributed by atoms with E-state index >= 15 is 0 Å². The van der Waals surface area contributed by atoms with Crippen LogP contribution in [0, 0.1) is 0 Å². The van der Waals surface area contributed by atoms with E-state index in [1.165, 1.54) is 0 Å². The van der Waals surface area contributed by atoms with Crippen LogP contribution in [-0.4, -0.2) is 69.8 Å². The molecule has 0 spiro atoms. The Bertz CT molecular complexity index is 150. The molecule has 0 atom stereocenters.